The van der Waals surface area contributed by atoms with Crippen molar-refractivity contribution in [2.45, 2.75) is 46.3 Å². The number of nitriles is 1. The van der Waals surface area contributed by atoms with Crippen molar-refractivity contribution in [3.05, 3.63) is 17.5 Å². The fourth-order valence-corrected chi connectivity index (χ4v) is 2.77. The van der Waals surface area contributed by atoms with Crippen molar-refractivity contribution < 1.29 is 0 Å². The van der Waals surface area contributed by atoms with Crippen LogP contribution in [0.2, 0.25) is 0 Å². The molecule has 0 aliphatic carbocycles. The van der Waals surface area contributed by atoms with Crippen molar-refractivity contribution in [1.29, 1.82) is 5.26 Å². The van der Waals surface area contributed by atoms with Crippen LogP contribution in [-0.4, -0.2) is 51.3 Å². The molecule has 0 amide bonds. The van der Waals surface area contributed by atoms with Gasteiger partial charge in [-0.05, 0) is 33.8 Å². The van der Waals surface area contributed by atoms with E-state index in [0.717, 1.165) is 45.0 Å². The molecular weight excluding hydrogens is 250 g/mol. The Bertz CT molecular complexity index is 489. The molecule has 2 rings (SSSR count). The Hall–Kier alpha value is -1.38. The van der Waals surface area contributed by atoms with Crippen LogP contribution >= 0.6 is 0 Å². The highest BCUT2D eigenvalue weighted by molar-refractivity contribution is 5.09. The number of rotatable bonds is 4. The monoisotopic (exact) mass is 275 g/mol. The average molecular weight is 275 g/mol. The zero-order chi connectivity index (χ0) is 14.8. The molecule has 0 bridgehead atoms. The van der Waals surface area contributed by atoms with Gasteiger partial charge >= 0.3 is 0 Å². The first-order chi connectivity index (χ1) is 9.46. The summed E-state index contributed by atoms with van der Waals surface area (Å²) in [5, 5.41) is 13.7. The van der Waals surface area contributed by atoms with E-state index in [1.54, 1.807) is 0 Å². The number of hydrogen-bond acceptors (Lipinski definition) is 4. The fourth-order valence-electron chi connectivity index (χ4n) is 2.77. The maximum absolute atomic E-state index is 9.20. The number of nitrogens with zero attached hydrogens (tertiary/aromatic N) is 5. The lowest BCUT2D eigenvalue weighted by molar-refractivity contribution is 0.0750. The summed E-state index contributed by atoms with van der Waals surface area (Å²) in [4.78, 5) is 4.72. The van der Waals surface area contributed by atoms with Gasteiger partial charge in [0.05, 0.1) is 17.5 Å². The van der Waals surface area contributed by atoms with E-state index in [9.17, 15) is 5.26 Å². The average Bonchev–Trinajstić information content (AvgIpc) is 2.79. The number of hydrogen-bond donors (Lipinski definition) is 0. The van der Waals surface area contributed by atoms with Crippen molar-refractivity contribution in [3.63, 3.8) is 0 Å². The zero-order valence-electron chi connectivity index (χ0n) is 13.1. The van der Waals surface area contributed by atoms with Crippen LogP contribution in [0.5, 0.6) is 0 Å². The highest BCUT2D eigenvalue weighted by Gasteiger charge is 2.29. The molecule has 0 aromatic carbocycles. The largest absolute Gasteiger partial charge is 0.295 e. The maximum atomic E-state index is 9.20. The number of piperazine rings is 1. The second kappa shape index (κ2) is 5.94. The van der Waals surface area contributed by atoms with E-state index in [1.165, 1.54) is 5.69 Å². The first-order valence-corrected chi connectivity index (χ1v) is 7.38. The highest BCUT2D eigenvalue weighted by atomic mass is 15.3. The van der Waals surface area contributed by atoms with Gasteiger partial charge in [-0.1, -0.05) is 0 Å². The Kier molecular flexibility index (Phi) is 4.46. The molecule has 0 atom stereocenters. The zero-order valence-corrected chi connectivity index (χ0v) is 13.1. The summed E-state index contributed by atoms with van der Waals surface area (Å²) < 4.78 is 2.08. The van der Waals surface area contributed by atoms with Crippen LogP contribution in [0.3, 0.4) is 0 Å². The fraction of sp³-hybridized carbons (Fsp3) is 0.733. The van der Waals surface area contributed by atoms with Crippen molar-refractivity contribution in [1.82, 2.24) is 19.6 Å². The normalized spacial score (nSPS) is 18.1. The van der Waals surface area contributed by atoms with Gasteiger partial charge in [0.25, 0.3) is 0 Å². The molecule has 1 aliphatic heterocycles. The highest BCUT2D eigenvalue weighted by Crippen LogP contribution is 2.17. The van der Waals surface area contributed by atoms with Crippen molar-refractivity contribution in [2.24, 2.45) is 0 Å². The Morgan fingerprint density at radius 2 is 1.95 bits per heavy atom. The molecule has 1 aromatic heterocycles. The molecule has 20 heavy (non-hydrogen) atoms. The second-order valence-corrected chi connectivity index (χ2v) is 6.03. The van der Waals surface area contributed by atoms with E-state index in [2.05, 4.69) is 38.6 Å². The van der Waals surface area contributed by atoms with Crippen LogP contribution in [0, 0.1) is 18.3 Å². The third-order valence-corrected chi connectivity index (χ3v) is 4.11. The van der Waals surface area contributed by atoms with Crippen LogP contribution in [0.15, 0.2) is 6.07 Å². The van der Waals surface area contributed by atoms with Crippen LogP contribution in [0.4, 0.5) is 0 Å². The third kappa shape index (κ3) is 3.20. The van der Waals surface area contributed by atoms with Crippen molar-refractivity contribution >= 4 is 0 Å². The SMILES string of the molecule is CCn1nc(C)cc1CN1CCN(C(C)(C)C#N)CC1. The van der Waals surface area contributed by atoms with E-state index in [-0.39, 0.29) is 5.54 Å². The molecule has 1 saturated heterocycles. The Balaban J connectivity index is 1.93. The van der Waals surface area contributed by atoms with Crippen LogP contribution in [-0.2, 0) is 13.1 Å². The van der Waals surface area contributed by atoms with Gasteiger partial charge in [0.15, 0.2) is 0 Å². The summed E-state index contributed by atoms with van der Waals surface area (Å²) >= 11 is 0. The minimum absolute atomic E-state index is 0.353. The van der Waals surface area contributed by atoms with Crippen LogP contribution in [0.25, 0.3) is 0 Å². The molecular formula is C15H25N5. The van der Waals surface area contributed by atoms with Gasteiger partial charge in [0.2, 0.25) is 0 Å². The molecule has 5 nitrogen and oxygen atoms in total. The number of aryl methyl sites for hydroxylation is 2. The van der Waals surface area contributed by atoms with Crippen LogP contribution < -0.4 is 0 Å². The summed E-state index contributed by atoms with van der Waals surface area (Å²) in [6.07, 6.45) is 0. The molecule has 0 N–H and O–H groups in total. The molecule has 0 radical (unpaired) electrons. The van der Waals surface area contributed by atoms with Crippen molar-refractivity contribution in [3.8, 4) is 6.07 Å². The van der Waals surface area contributed by atoms with Crippen LogP contribution in [0.1, 0.15) is 32.2 Å². The Morgan fingerprint density at radius 1 is 1.30 bits per heavy atom. The molecule has 0 spiro atoms. The molecule has 0 unspecified atom stereocenters. The third-order valence-electron chi connectivity index (χ3n) is 4.11. The summed E-state index contributed by atoms with van der Waals surface area (Å²) in [7, 11) is 0. The summed E-state index contributed by atoms with van der Waals surface area (Å²) in [5.74, 6) is 0. The topological polar surface area (TPSA) is 48.1 Å². The van der Waals surface area contributed by atoms with E-state index < -0.39 is 0 Å². The van der Waals surface area contributed by atoms with E-state index in [0.29, 0.717) is 0 Å². The minimum atomic E-state index is -0.353. The van der Waals surface area contributed by atoms with Gasteiger partial charge in [-0.2, -0.15) is 10.4 Å². The van der Waals surface area contributed by atoms with Gasteiger partial charge in [-0.25, -0.2) is 0 Å². The molecule has 1 aliphatic rings. The van der Waals surface area contributed by atoms with Gasteiger partial charge < -0.3 is 0 Å². The van der Waals surface area contributed by atoms with Gasteiger partial charge in [0.1, 0.15) is 5.54 Å². The lowest BCUT2D eigenvalue weighted by atomic mass is 10.0. The maximum Gasteiger partial charge on any atom is 0.103 e. The van der Waals surface area contributed by atoms with Gasteiger partial charge in [-0.3, -0.25) is 14.5 Å². The summed E-state index contributed by atoms with van der Waals surface area (Å²) in [6.45, 7) is 14.0. The van der Waals surface area contributed by atoms with E-state index >= 15 is 0 Å². The first kappa shape index (κ1) is 15.0. The predicted molar refractivity (Wildman–Crippen MR) is 79.2 cm³/mol. The van der Waals surface area contributed by atoms with E-state index in [4.69, 9.17) is 0 Å². The quantitative estimate of drug-likeness (QED) is 0.838. The Morgan fingerprint density at radius 3 is 2.50 bits per heavy atom. The predicted octanol–water partition coefficient (Wildman–Crippen LogP) is 1.63. The lowest BCUT2D eigenvalue weighted by Crippen LogP contribution is -2.53. The molecule has 5 heteroatoms. The summed E-state index contributed by atoms with van der Waals surface area (Å²) in [6, 6.07) is 4.57. The molecule has 110 valence electrons. The molecule has 2 heterocycles. The minimum Gasteiger partial charge on any atom is -0.295 e. The molecule has 1 fully saturated rings. The Labute approximate surface area is 121 Å². The lowest BCUT2D eigenvalue weighted by Gasteiger charge is -2.40. The van der Waals surface area contributed by atoms with Gasteiger partial charge in [-0.15, -0.1) is 0 Å². The standard InChI is InChI=1S/C15H25N5/c1-5-20-14(10-13(2)17-20)11-18-6-8-19(9-7-18)15(3,4)12-16/h10H,5-9,11H2,1-4H3. The van der Waals surface area contributed by atoms with Gasteiger partial charge in [0, 0.05) is 39.3 Å². The molecule has 1 aromatic rings. The van der Waals surface area contributed by atoms with Crippen molar-refractivity contribution in [2.75, 3.05) is 26.2 Å². The smallest absolute Gasteiger partial charge is 0.103 e. The molecule has 0 saturated carbocycles. The first-order valence-electron chi connectivity index (χ1n) is 7.38. The summed E-state index contributed by atoms with van der Waals surface area (Å²) in [5.41, 5.74) is 2.03. The second-order valence-electron chi connectivity index (χ2n) is 6.03. The number of aromatic nitrogens is 2. The van der Waals surface area contributed by atoms with E-state index in [1.807, 2.05) is 20.8 Å².